The number of carbonyl (C=O) groups excluding carboxylic acids is 1. The Kier molecular flexibility index (Phi) is 4.20. The molecule has 0 aliphatic carbocycles. The molecule has 0 aliphatic heterocycles. The summed E-state index contributed by atoms with van der Waals surface area (Å²) in [6.07, 6.45) is 4.42. The lowest BCUT2D eigenvalue weighted by Crippen LogP contribution is -2.48. The van der Waals surface area contributed by atoms with Crippen molar-refractivity contribution >= 4 is 5.91 Å². The molecular formula is C14H25N3O. The molecule has 0 fully saturated rings. The van der Waals surface area contributed by atoms with Crippen LogP contribution in [0.1, 0.15) is 54.0 Å². The highest BCUT2D eigenvalue weighted by atomic mass is 16.2. The van der Waals surface area contributed by atoms with Gasteiger partial charge in [-0.25, -0.2) is 0 Å². The van der Waals surface area contributed by atoms with Crippen LogP contribution in [-0.4, -0.2) is 21.2 Å². The first-order chi connectivity index (χ1) is 8.11. The van der Waals surface area contributed by atoms with Gasteiger partial charge in [-0.3, -0.25) is 9.48 Å². The molecule has 1 aromatic rings. The highest BCUT2D eigenvalue weighted by molar-refractivity contribution is 5.80. The van der Waals surface area contributed by atoms with Crippen LogP contribution < -0.4 is 5.32 Å². The minimum atomic E-state index is -0.278. The Hall–Kier alpha value is -1.32. The molecule has 0 saturated heterocycles. The van der Waals surface area contributed by atoms with E-state index in [1.807, 2.05) is 13.0 Å². The quantitative estimate of drug-likeness (QED) is 0.894. The maximum Gasteiger partial charge on any atom is 0.244 e. The second-order valence-corrected chi connectivity index (χ2v) is 6.77. The average molecular weight is 251 g/mol. The predicted octanol–water partition coefficient (Wildman–Crippen LogP) is 2.78. The molecule has 1 heterocycles. The highest BCUT2D eigenvalue weighted by Crippen LogP contribution is 2.27. The van der Waals surface area contributed by atoms with Gasteiger partial charge < -0.3 is 5.32 Å². The van der Waals surface area contributed by atoms with E-state index in [0.29, 0.717) is 0 Å². The van der Waals surface area contributed by atoms with Gasteiger partial charge in [-0.2, -0.15) is 5.10 Å². The van der Waals surface area contributed by atoms with Gasteiger partial charge in [-0.15, -0.1) is 0 Å². The fourth-order valence-corrected chi connectivity index (χ4v) is 2.44. The third-order valence-corrected chi connectivity index (χ3v) is 2.73. The van der Waals surface area contributed by atoms with Crippen molar-refractivity contribution in [2.24, 2.45) is 5.41 Å². The molecule has 1 rings (SSSR count). The van der Waals surface area contributed by atoms with Crippen LogP contribution in [0.5, 0.6) is 0 Å². The number of aromatic nitrogens is 2. The lowest BCUT2D eigenvalue weighted by atomic mass is 9.81. The Labute approximate surface area is 110 Å². The SMILES string of the molecule is CC(C(=O)NC(C)(C)CC(C)(C)C)n1cccn1. The normalized spacial score (nSPS) is 14.3. The zero-order chi connectivity index (χ0) is 14.0. The average Bonchev–Trinajstić information content (AvgIpc) is 2.63. The van der Waals surface area contributed by atoms with Crippen molar-refractivity contribution in [2.45, 2.75) is 59.5 Å². The molecule has 0 saturated carbocycles. The first kappa shape index (κ1) is 14.7. The van der Waals surface area contributed by atoms with Crippen LogP contribution in [0.2, 0.25) is 0 Å². The van der Waals surface area contributed by atoms with E-state index in [9.17, 15) is 4.79 Å². The minimum absolute atomic E-state index is 0.00736. The summed E-state index contributed by atoms with van der Waals surface area (Å²) in [5.74, 6) is 0.00736. The standard InChI is InChI=1S/C14H25N3O/c1-11(17-9-7-8-15-17)12(18)16-14(5,6)10-13(2,3)4/h7-9,11H,10H2,1-6H3,(H,16,18). The van der Waals surface area contributed by atoms with E-state index in [1.54, 1.807) is 17.1 Å². The number of rotatable bonds is 4. The van der Waals surface area contributed by atoms with E-state index < -0.39 is 0 Å². The van der Waals surface area contributed by atoms with E-state index >= 15 is 0 Å². The van der Waals surface area contributed by atoms with Crippen molar-refractivity contribution < 1.29 is 4.79 Å². The van der Waals surface area contributed by atoms with Crippen LogP contribution in [0.15, 0.2) is 18.5 Å². The molecule has 0 spiro atoms. The molecule has 1 aromatic heterocycles. The minimum Gasteiger partial charge on any atom is -0.349 e. The number of hydrogen-bond donors (Lipinski definition) is 1. The second-order valence-electron chi connectivity index (χ2n) is 6.77. The molecule has 0 radical (unpaired) electrons. The van der Waals surface area contributed by atoms with Crippen molar-refractivity contribution in [1.82, 2.24) is 15.1 Å². The molecule has 1 unspecified atom stereocenters. The van der Waals surface area contributed by atoms with Crippen LogP contribution >= 0.6 is 0 Å². The van der Waals surface area contributed by atoms with Crippen molar-refractivity contribution in [3.8, 4) is 0 Å². The summed E-state index contributed by atoms with van der Waals surface area (Å²) in [5.41, 5.74) is -0.0253. The van der Waals surface area contributed by atoms with Crippen LogP contribution in [0.25, 0.3) is 0 Å². The Morgan fingerprint density at radius 1 is 1.33 bits per heavy atom. The summed E-state index contributed by atoms with van der Waals surface area (Å²) in [6.45, 7) is 12.5. The Balaban J connectivity index is 2.64. The summed E-state index contributed by atoms with van der Waals surface area (Å²) in [7, 11) is 0. The van der Waals surface area contributed by atoms with Gasteiger partial charge in [0.15, 0.2) is 0 Å². The Morgan fingerprint density at radius 2 is 1.94 bits per heavy atom. The van der Waals surface area contributed by atoms with Gasteiger partial charge in [-0.05, 0) is 38.7 Å². The van der Waals surface area contributed by atoms with Crippen LogP contribution in [0.4, 0.5) is 0 Å². The van der Waals surface area contributed by atoms with Crippen molar-refractivity contribution in [2.75, 3.05) is 0 Å². The highest BCUT2D eigenvalue weighted by Gasteiger charge is 2.28. The van der Waals surface area contributed by atoms with E-state index in [2.05, 4.69) is 45.0 Å². The van der Waals surface area contributed by atoms with Gasteiger partial charge in [0.1, 0.15) is 6.04 Å². The zero-order valence-corrected chi connectivity index (χ0v) is 12.3. The largest absolute Gasteiger partial charge is 0.349 e. The number of hydrogen-bond acceptors (Lipinski definition) is 2. The van der Waals surface area contributed by atoms with Gasteiger partial charge in [0.2, 0.25) is 5.91 Å². The summed E-state index contributed by atoms with van der Waals surface area (Å²) in [6, 6.07) is 1.55. The first-order valence-corrected chi connectivity index (χ1v) is 6.42. The van der Waals surface area contributed by atoms with Crippen molar-refractivity contribution in [3.63, 3.8) is 0 Å². The van der Waals surface area contributed by atoms with Crippen molar-refractivity contribution in [1.29, 1.82) is 0 Å². The molecule has 4 heteroatoms. The lowest BCUT2D eigenvalue weighted by Gasteiger charge is -2.34. The molecule has 102 valence electrons. The molecular weight excluding hydrogens is 226 g/mol. The molecule has 0 bridgehead atoms. The lowest BCUT2D eigenvalue weighted by molar-refractivity contribution is -0.126. The van der Waals surface area contributed by atoms with E-state index in [1.165, 1.54) is 0 Å². The van der Waals surface area contributed by atoms with Crippen LogP contribution in [-0.2, 0) is 4.79 Å². The predicted molar refractivity (Wildman–Crippen MR) is 73.2 cm³/mol. The second kappa shape index (κ2) is 5.12. The molecule has 18 heavy (non-hydrogen) atoms. The molecule has 0 aliphatic rings. The van der Waals surface area contributed by atoms with Gasteiger partial charge in [-0.1, -0.05) is 20.8 Å². The fourth-order valence-electron chi connectivity index (χ4n) is 2.44. The zero-order valence-electron chi connectivity index (χ0n) is 12.3. The van der Waals surface area contributed by atoms with Gasteiger partial charge in [0.25, 0.3) is 0 Å². The van der Waals surface area contributed by atoms with Gasteiger partial charge in [0.05, 0.1) is 0 Å². The van der Waals surface area contributed by atoms with E-state index in [-0.39, 0.29) is 22.9 Å². The molecule has 0 aromatic carbocycles. The molecule has 4 nitrogen and oxygen atoms in total. The van der Waals surface area contributed by atoms with E-state index in [4.69, 9.17) is 0 Å². The maximum absolute atomic E-state index is 12.2. The summed E-state index contributed by atoms with van der Waals surface area (Å²) >= 11 is 0. The fraction of sp³-hybridized carbons (Fsp3) is 0.714. The number of carbonyl (C=O) groups is 1. The maximum atomic E-state index is 12.2. The Bertz CT molecular complexity index is 388. The summed E-state index contributed by atoms with van der Waals surface area (Å²) in [5, 5.41) is 7.20. The smallest absolute Gasteiger partial charge is 0.244 e. The number of nitrogens with one attached hydrogen (secondary N) is 1. The molecule has 1 N–H and O–H groups in total. The number of nitrogens with zero attached hydrogens (tertiary/aromatic N) is 2. The van der Waals surface area contributed by atoms with Crippen LogP contribution in [0, 0.1) is 5.41 Å². The van der Waals surface area contributed by atoms with E-state index in [0.717, 1.165) is 6.42 Å². The van der Waals surface area contributed by atoms with Gasteiger partial charge in [0, 0.05) is 17.9 Å². The Morgan fingerprint density at radius 3 is 2.39 bits per heavy atom. The number of amides is 1. The third kappa shape index (κ3) is 4.51. The first-order valence-electron chi connectivity index (χ1n) is 6.42. The van der Waals surface area contributed by atoms with Gasteiger partial charge >= 0.3 is 0 Å². The van der Waals surface area contributed by atoms with Crippen molar-refractivity contribution in [3.05, 3.63) is 18.5 Å². The monoisotopic (exact) mass is 251 g/mol. The third-order valence-electron chi connectivity index (χ3n) is 2.73. The summed E-state index contributed by atoms with van der Waals surface area (Å²) in [4.78, 5) is 12.2. The molecule has 1 atom stereocenters. The molecule has 1 amide bonds. The van der Waals surface area contributed by atoms with Crippen LogP contribution in [0.3, 0.4) is 0 Å². The summed E-state index contributed by atoms with van der Waals surface area (Å²) < 4.78 is 1.67. The topological polar surface area (TPSA) is 46.9 Å².